The standard InChI is InChI=1S/C14H14ClNOS/c1-17-12-3-2-4-13(8-12)18-14-7-11(15)6-5-10(14)9-16/h2-8H,9,16H2,1H3. The van der Waals surface area contributed by atoms with Gasteiger partial charge in [-0.25, -0.2) is 0 Å². The van der Waals surface area contributed by atoms with Crippen LogP contribution in [0.5, 0.6) is 5.75 Å². The highest BCUT2D eigenvalue weighted by atomic mass is 35.5. The topological polar surface area (TPSA) is 35.2 Å². The summed E-state index contributed by atoms with van der Waals surface area (Å²) in [5.74, 6) is 0.844. The molecule has 0 saturated carbocycles. The maximum absolute atomic E-state index is 6.02. The molecule has 2 rings (SSSR count). The van der Waals surface area contributed by atoms with E-state index in [9.17, 15) is 0 Å². The summed E-state index contributed by atoms with van der Waals surface area (Å²) in [6.45, 7) is 0.503. The molecule has 94 valence electrons. The molecule has 2 aromatic carbocycles. The molecule has 0 bridgehead atoms. The molecule has 0 radical (unpaired) electrons. The maximum atomic E-state index is 6.02. The number of benzene rings is 2. The molecular formula is C14H14ClNOS. The first-order chi connectivity index (χ1) is 8.72. The van der Waals surface area contributed by atoms with E-state index in [2.05, 4.69) is 0 Å². The van der Waals surface area contributed by atoms with Gasteiger partial charge < -0.3 is 10.5 Å². The van der Waals surface area contributed by atoms with E-state index in [1.165, 1.54) is 0 Å². The highest BCUT2D eigenvalue weighted by molar-refractivity contribution is 7.99. The van der Waals surface area contributed by atoms with Crippen LogP contribution in [0.4, 0.5) is 0 Å². The molecule has 0 aliphatic rings. The zero-order valence-corrected chi connectivity index (χ0v) is 11.6. The van der Waals surface area contributed by atoms with E-state index in [0.717, 1.165) is 26.1 Å². The second-order valence-electron chi connectivity index (χ2n) is 3.74. The summed E-state index contributed by atoms with van der Waals surface area (Å²) in [5.41, 5.74) is 6.82. The fraction of sp³-hybridized carbons (Fsp3) is 0.143. The van der Waals surface area contributed by atoms with Crippen molar-refractivity contribution in [1.82, 2.24) is 0 Å². The molecule has 0 fully saturated rings. The van der Waals surface area contributed by atoms with Gasteiger partial charge in [-0.3, -0.25) is 0 Å². The van der Waals surface area contributed by atoms with Crippen molar-refractivity contribution in [1.29, 1.82) is 0 Å². The first-order valence-corrected chi connectivity index (χ1v) is 6.73. The van der Waals surface area contributed by atoms with Crippen molar-refractivity contribution < 1.29 is 4.74 Å². The molecule has 0 unspecified atom stereocenters. The molecule has 0 aliphatic carbocycles. The molecule has 2 aromatic rings. The van der Waals surface area contributed by atoms with Crippen LogP contribution in [0.1, 0.15) is 5.56 Å². The van der Waals surface area contributed by atoms with Gasteiger partial charge >= 0.3 is 0 Å². The summed E-state index contributed by atoms with van der Waals surface area (Å²) >= 11 is 7.66. The predicted molar refractivity (Wildman–Crippen MR) is 76.5 cm³/mol. The highest BCUT2D eigenvalue weighted by Crippen LogP contribution is 2.33. The van der Waals surface area contributed by atoms with Crippen LogP contribution in [0.25, 0.3) is 0 Å². The number of rotatable bonds is 4. The largest absolute Gasteiger partial charge is 0.497 e. The van der Waals surface area contributed by atoms with Crippen LogP contribution in [0.15, 0.2) is 52.3 Å². The Bertz CT molecular complexity index is 545. The first kappa shape index (κ1) is 13.3. The Morgan fingerprint density at radius 2 is 2.06 bits per heavy atom. The van der Waals surface area contributed by atoms with Crippen LogP contribution in [0.2, 0.25) is 5.02 Å². The zero-order valence-electron chi connectivity index (χ0n) is 10.0. The van der Waals surface area contributed by atoms with Gasteiger partial charge in [0, 0.05) is 21.4 Å². The number of halogens is 1. The Morgan fingerprint density at radius 1 is 1.22 bits per heavy atom. The van der Waals surface area contributed by atoms with Gasteiger partial charge in [-0.05, 0) is 35.9 Å². The van der Waals surface area contributed by atoms with Gasteiger partial charge in [0.05, 0.1) is 7.11 Å². The fourth-order valence-corrected chi connectivity index (χ4v) is 2.86. The third kappa shape index (κ3) is 3.19. The second-order valence-corrected chi connectivity index (χ2v) is 5.29. The minimum atomic E-state index is 0.503. The number of hydrogen-bond donors (Lipinski definition) is 1. The third-order valence-electron chi connectivity index (χ3n) is 2.52. The van der Waals surface area contributed by atoms with Gasteiger partial charge in [0.2, 0.25) is 0 Å². The van der Waals surface area contributed by atoms with E-state index in [4.69, 9.17) is 22.1 Å². The molecule has 4 heteroatoms. The summed E-state index contributed by atoms with van der Waals surface area (Å²) in [5, 5.41) is 0.720. The monoisotopic (exact) mass is 279 g/mol. The smallest absolute Gasteiger partial charge is 0.119 e. The van der Waals surface area contributed by atoms with Crippen LogP contribution in [0, 0.1) is 0 Å². The van der Waals surface area contributed by atoms with Crippen molar-refractivity contribution in [3.63, 3.8) is 0 Å². The van der Waals surface area contributed by atoms with Crippen molar-refractivity contribution in [2.45, 2.75) is 16.3 Å². The van der Waals surface area contributed by atoms with Gasteiger partial charge in [-0.15, -0.1) is 0 Å². The predicted octanol–water partition coefficient (Wildman–Crippen LogP) is 3.96. The highest BCUT2D eigenvalue weighted by Gasteiger charge is 2.05. The van der Waals surface area contributed by atoms with Crippen molar-refractivity contribution in [2.24, 2.45) is 5.73 Å². The molecule has 0 spiro atoms. The molecule has 0 aromatic heterocycles. The van der Waals surface area contributed by atoms with Crippen LogP contribution >= 0.6 is 23.4 Å². The Balaban J connectivity index is 2.29. The normalized spacial score (nSPS) is 10.4. The SMILES string of the molecule is COc1cccc(Sc2cc(Cl)ccc2CN)c1. The van der Waals surface area contributed by atoms with Gasteiger partial charge in [-0.1, -0.05) is 35.5 Å². The lowest BCUT2D eigenvalue weighted by Gasteiger charge is -2.09. The molecule has 0 aliphatic heterocycles. The van der Waals surface area contributed by atoms with Crippen molar-refractivity contribution in [2.75, 3.05) is 7.11 Å². The molecule has 0 heterocycles. The average Bonchev–Trinajstić information content (AvgIpc) is 2.39. The van der Waals surface area contributed by atoms with Crippen molar-refractivity contribution in [3.05, 3.63) is 53.1 Å². The molecule has 2 nitrogen and oxygen atoms in total. The summed E-state index contributed by atoms with van der Waals surface area (Å²) in [4.78, 5) is 2.18. The Morgan fingerprint density at radius 3 is 2.78 bits per heavy atom. The van der Waals surface area contributed by atoms with Gasteiger partial charge in [0.15, 0.2) is 0 Å². The van der Waals surface area contributed by atoms with E-state index >= 15 is 0 Å². The zero-order chi connectivity index (χ0) is 13.0. The number of methoxy groups -OCH3 is 1. The molecule has 0 saturated heterocycles. The molecular weight excluding hydrogens is 266 g/mol. The van der Waals surface area contributed by atoms with E-state index in [1.807, 2.05) is 42.5 Å². The van der Waals surface area contributed by atoms with E-state index in [-0.39, 0.29) is 0 Å². The lowest BCUT2D eigenvalue weighted by molar-refractivity contribution is 0.413. The van der Waals surface area contributed by atoms with E-state index < -0.39 is 0 Å². The van der Waals surface area contributed by atoms with Crippen LogP contribution in [-0.2, 0) is 6.54 Å². The van der Waals surface area contributed by atoms with Crippen molar-refractivity contribution >= 4 is 23.4 Å². The Labute approximate surface area is 116 Å². The summed E-state index contributed by atoms with van der Waals surface area (Å²) in [7, 11) is 1.66. The van der Waals surface area contributed by atoms with Crippen LogP contribution in [0.3, 0.4) is 0 Å². The van der Waals surface area contributed by atoms with Gasteiger partial charge in [-0.2, -0.15) is 0 Å². The minimum absolute atomic E-state index is 0.503. The summed E-state index contributed by atoms with van der Waals surface area (Å²) in [6.07, 6.45) is 0. The molecule has 2 N–H and O–H groups in total. The summed E-state index contributed by atoms with van der Waals surface area (Å²) in [6, 6.07) is 13.7. The number of ether oxygens (including phenoxy) is 1. The number of hydrogen-bond acceptors (Lipinski definition) is 3. The third-order valence-corrected chi connectivity index (χ3v) is 3.84. The number of nitrogens with two attached hydrogens (primary N) is 1. The maximum Gasteiger partial charge on any atom is 0.119 e. The Kier molecular flexibility index (Phi) is 4.53. The lowest BCUT2D eigenvalue weighted by Crippen LogP contribution is -1.98. The molecule has 18 heavy (non-hydrogen) atoms. The van der Waals surface area contributed by atoms with E-state index in [1.54, 1.807) is 18.9 Å². The van der Waals surface area contributed by atoms with Crippen LogP contribution in [-0.4, -0.2) is 7.11 Å². The van der Waals surface area contributed by atoms with Crippen molar-refractivity contribution in [3.8, 4) is 5.75 Å². The molecule has 0 amide bonds. The lowest BCUT2D eigenvalue weighted by atomic mass is 10.2. The quantitative estimate of drug-likeness (QED) is 0.920. The van der Waals surface area contributed by atoms with Crippen LogP contribution < -0.4 is 10.5 Å². The fourth-order valence-electron chi connectivity index (χ4n) is 1.58. The van der Waals surface area contributed by atoms with Gasteiger partial charge in [0.25, 0.3) is 0 Å². The first-order valence-electron chi connectivity index (χ1n) is 5.53. The van der Waals surface area contributed by atoms with E-state index in [0.29, 0.717) is 6.54 Å². The summed E-state index contributed by atoms with van der Waals surface area (Å²) < 4.78 is 5.21. The minimum Gasteiger partial charge on any atom is -0.497 e. The second kappa shape index (κ2) is 6.14. The Hall–Kier alpha value is -1.16. The molecule has 0 atom stereocenters. The average molecular weight is 280 g/mol. The van der Waals surface area contributed by atoms with Gasteiger partial charge in [0.1, 0.15) is 5.75 Å².